The fourth-order valence-corrected chi connectivity index (χ4v) is 2.97. The van der Waals surface area contributed by atoms with Gasteiger partial charge in [-0.25, -0.2) is 0 Å². The highest BCUT2D eigenvalue weighted by Gasteiger charge is 2.23. The van der Waals surface area contributed by atoms with Crippen molar-refractivity contribution in [2.75, 3.05) is 19.6 Å². The number of hydrogen-bond acceptors (Lipinski definition) is 2. The van der Waals surface area contributed by atoms with Crippen LogP contribution in [0.5, 0.6) is 0 Å². The third-order valence-electron chi connectivity index (χ3n) is 4.37. The molecule has 2 heteroatoms. The van der Waals surface area contributed by atoms with E-state index in [0.717, 1.165) is 24.9 Å². The van der Waals surface area contributed by atoms with Crippen molar-refractivity contribution in [3.05, 3.63) is 0 Å². The summed E-state index contributed by atoms with van der Waals surface area (Å²) < 4.78 is 0. The van der Waals surface area contributed by atoms with Gasteiger partial charge in [0, 0.05) is 12.6 Å². The van der Waals surface area contributed by atoms with E-state index in [0.29, 0.717) is 5.41 Å². The summed E-state index contributed by atoms with van der Waals surface area (Å²) >= 11 is 0. The van der Waals surface area contributed by atoms with E-state index in [2.05, 4.69) is 32.6 Å². The number of rotatable bonds is 6. The van der Waals surface area contributed by atoms with E-state index in [1.807, 2.05) is 0 Å². The predicted molar refractivity (Wildman–Crippen MR) is 76.1 cm³/mol. The topological polar surface area (TPSA) is 29.3 Å². The van der Waals surface area contributed by atoms with Crippen LogP contribution >= 0.6 is 0 Å². The lowest BCUT2D eigenvalue weighted by Crippen LogP contribution is -2.41. The average Bonchev–Trinajstić information content (AvgIpc) is 2.23. The van der Waals surface area contributed by atoms with Crippen molar-refractivity contribution < 1.29 is 0 Å². The van der Waals surface area contributed by atoms with Gasteiger partial charge in [0.25, 0.3) is 0 Å². The van der Waals surface area contributed by atoms with Crippen LogP contribution in [-0.4, -0.2) is 30.6 Å². The Morgan fingerprint density at radius 2 is 1.88 bits per heavy atom. The van der Waals surface area contributed by atoms with Crippen LogP contribution in [0.1, 0.15) is 59.8 Å². The Morgan fingerprint density at radius 1 is 1.18 bits per heavy atom. The molecule has 0 saturated carbocycles. The van der Waals surface area contributed by atoms with Crippen molar-refractivity contribution in [2.24, 2.45) is 17.1 Å². The number of piperidine rings is 1. The van der Waals surface area contributed by atoms with Crippen LogP contribution in [0, 0.1) is 11.3 Å². The zero-order valence-corrected chi connectivity index (χ0v) is 12.3. The van der Waals surface area contributed by atoms with Gasteiger partial charge in [-0.1, -0.05) is 20.8 Å². The first-order chi connectivity index (χ1) is 7.94. The Kier molecular flexibility index (Phi) is 5.94. The van der Waals surface area contributed by atoms with E-state index in [1.54, 1.807) is 0 Å². The number of nitrogens with zero attached hydrogens (tertiary/aromatic N) is 1. The molecule has 1 rings (SSSR count). The molecule has 1 aliphatic rings. The molecule has 1 saturated heterocycles. The van der Waals surface area contributed by atoms with E-state index in [4.69, 9.17) is 5.73 Å². The van der Waals surface area contributed by atoms with Gasteiger partial charge in [0.15, 0.2) is 0 Å². The third-order valence-corrected chi connectivity index (χ3v) is 4.37. The van der Waals surface area contributed by atoms with Crippen LogP contribution in [0.4, 0.5) is 0 Å². The molecule has 102 valence electrons. The fourth-order valence-electron chi connectivity index (χ4n) is 2.97. The molecule has 2 nitrogen and oxygen atoms in total. The van der Waals surface area contributed by atoms with Gasteiger partial charge in [0.2, 0.25) is 0 Å². The Hall–Kier alpha value is -0.0800. The maximum absolute atomic E-state index is 5.66. The zero-order valence-electron chi connectivity index (χ0n) is 12.3. The lowest BCUT2D eigenvalue weighted by atomic mass is 9.84. The normalized spacial score (nSPS) is 27.4. The first kappa shape index (κ1) is 15.0. The third kappa shape index (κ3) is 5.39. The molecule has 2 N–H and O–H groups in total. The van der Waals surface area contributed by atoms with Gasteiger partial charge >= 0.3 is 0 Å². The van der Waals surface area contributed by atoms with Crippen LogP contribution in [0.25, 0.3) is 0 Å². The Labute approximate surface area is 108 Å². The molecule has 0 aromatic carbocycles. The predicted octanol–water partition coefficient (Wildman–Crippen LogP) is 3.26. The standard InChI is InChI=1S/C15H32N2/c1-13-6-7-14(2)17(12-13)11-5-8-15(3,4)9-10-16/h13-14H,5-12,16H2,1-4H3. The summed E-state index contributed by atoms with van der Waals surface area (Å²) in [6, 6.07) is 0.795. The highest BCUT2D eigenvalue weighted by atomic mass is 15.2. The van der Waals surface area contributed by atoms with E-state index in [9.17, 15) is 0 Å². The zero-order chi connectivity index (χ0) is 12.9. The Balaban J connectivity index is 2.25. The molecule has 0 spiro atoms. The number of hydrogen-bond donors (Lipinski definition) is 1. The minimum Gasteiger partial charge on any atom is -0.330 e. The van der Waals surface area contributed by atoms with Gasteiger partial charge in [-0.2, -0.15) is 0 Å². The molecule has 0 aliphatic carbocycles. The summed E-state index contributed by atoms with van der Waals surface area (Å²) in [6.07, 6.45) is 6.58. The molecule has 0 aromatic rings. The van der Waals surface area contributed by atoms with Crippen LogP contribution in [0.2, 0.25) is 0 Å². The van der Waals surface area contributed by atoms with Crippen molar-refractivity contribution in [3.8, 4) is 0 Å². The van der Waals surface area contributed by atoms with Crippen molar-refractivity contribution >= 4 is 0 Å². The van der Waals surface area contributed by atoms with Gasteiger partial charge in [0.05, 0.1) is 0 Å². The highest BCUT2D eigenvalue weighted by molar-refractivity contribution is 4.78. The Bertz CT molecular complexity index is 213. The number of likely N-dealkylation sites (tertiary alicyclic amines) is 1. The van der Waals surface area contributed by atoms with Crippen LogP contribution in [0.15, 0.2) is 0 Å². The molecular weight excluding hydrogens is 208 g/mol. The minimum atomic E-state index is 0.430. The second kappa shape index (κ2) is 6.75. The molecule has 0 bridgehead atoms. The second-order valence-corrected chi connectivity index (χ2v) is 6.83. The summed E-state index contributed by atoms with van der Waals surface area (Å²) in [6.45, 7) is 12.9. The summed E-state index contributed by atoms with van der Waals surface area (Å²) in [5.74, 6) is 0.892. The van der Waals surface area contributed by atoms with Crippen molar-refractivity contribution in [2.45, 2.75) is 65.8 Å². The quantitative estimate of drug-likeness (QED) is 0.772. The van der Waals surface area contributed by atoms with Gasteiger partial charge in [0.1, 0.15) is 0 Å². The van der Waals surface area contributed by atoms with Crippen LogP contribution < -0.4 is 5.73 Å². The first-order valence-corrected chi connectivity index (χ1v) is 7.39. The lowest BCUT2D eigenvalue weighted by Gasteiger charge is -2.37. The molecular formula is C15H32N2. The van der Waals surface area contributed by atoms with Gasteiger partial charge < -0.3 is 10.6 Å². The monoisotopic (exact) mass is 240 g/mol. The van der Waals surface area contributed by atoms with Gasteiger partial charge in [-0.05, 0) is 63.5 Å². The fraction of sp³-hybridized carbons (Fsp3) is 1.00. The summed E-state index contributed by atoms with van der Waals surface area (Å²) in [4.78, 5) is 2.69. The second-order valence-electron chi connectivity index (χ2n) is 6.83. The van der Waals surface area contributed by atoms with Crippen LogP contribution in [-0.2, 0) is 0 Å². The smallest absolute Gasteiger partial charge is 0.00671 e. The Morgan fingerprint density at radius 3 is 2.53 bits per heavy atom. The van der Waals surface area contributed by atoms with Crippen molar-refractivity contribution in [3.63, 3.8) is 0 Å². The van der Waals surface area contributed by atoms with Crippen molar-refractivity contribution in [1.82, 2.24) is 4.90 Å². The van der Waals surface area contributed by atoms with Gasteiger partial charge in [-0.15, -0.1) is 0 Å². The summed E-state index contributed by atoms with van der Waals surface area (Å²) in [5.41, 5.74) is 6.09. The first-order valence-electron chi connectivity index (χ1n) is 7.39. The molecule has 2 atom stereocenters. The minimum absolute atomic E-state index is 0.430. The van der Waals surface area contributed by atoms with Gasteiger partial charge in [-0.3, -0.25) is 0 Å². The summed E-state index contributed by atoms with van der Waals surface area (Å²) in [5, 5.41) is 0. The maximum Gasteiger partial charge on any atom is 0.00671 e. The average molecular weight is 240 g/mol. The lowest BCUT2D eigenvalue weighted by molar-refractivity contribution is 0.117. The number of nitrogens with two attached hydrogens (primary N) is 1. The molecule has 17 heavy (non-hydrogen) atoms. The van der Waals surface area contributed by atoms with Crippen molar-refractivity contribution in [1.29, 1.82) is 0 Å². The van der Waals surface area contributed by atoms with E-state index >= 15 is 0 Å². The molecule has 0 aromatic heterocycles. The molecule has 2 unspecified atom stereocenters. The molecule has 1 heterocycles. The van der Waals surface area contributed by atoms with E-state index in [1.165, 1.54) is 38.8 Å². The van der Waals surface area contributed by atoms with E-state index in [-0.39, 0.29) is 0 Å². The highest BCUT2D eigenvalue weighted by Crippen LogP contribution is 2.27. The molecule has 1 fully saturated rings. The van der Waals surface area contributed by atoms with E-state index < -0.39 is 0 Å². The molecule has 0 radical (unpaired) electrons. The molecule has 1 aliphatic heterocycles. The largest absolute Gasteiger partial charge is 0.330 e. The molecule has 0 amide bonds. The maximum atomic E-state index is 5.66. The summed E-state index contributed by atoms with van der Waals surface area (Å²) in [7, 11) is 0. The van der Waals surface area contributed by atoms with Crippen LogP contribution in [0.3, 0.4) is 0 Å². The SMILES string of the molecule is CC1CCC(C)N(CCCC(C)(C)CCN)C1.